The maximum absolute atomic E-state index is 5.73. The van der Waals surface area contributed by atoms with E-state index >= 15 is 0 Å². The van der Waals surface area contributed by atoms with Crippen LogP contribution in [0.25, 0.3) is 0 Å². The van der Waals surface area contributed by atoms with E-state index in [2.05, 4.69) is 48.5 Å². The predicted octanol–water partition coefficient (Wildman–Crippen LogP) is 6.17. The lowest BCUT2D eigenvalue weighted by Crippen LogP contribution is -2.55. The summed E-state index contributed by atoms with van der Waals surface area (Å²) in [5, 5.41) is 0. The van der Waals surface area contributed by atoms with Crippen LogP contribution in [0.2, 0.25) is 0 Å². The topological polar surface area (TPSA) is 43.5 Å². The van der Waals surface area contributed by atoms with E-state index < -0.39 is 0 Å². The Kier molecular flexibility index (Phi) is 7.11. The number of hydrogen-bond acceptors (Lipinski definition) is 4. The minimum atomic E-state index is 0.369. The van der Waals surface area contributed by atoms with Gasteiger partial charge in [0, 0.05) is 13.2 Å². The van der Waals surface area contributed by atoms with Crippen LogP contribution in [0.5, 0.6) is 0 Å². The van der Waals surface area contributed by atoms with Gasteiger partial charge < -0.3 is 18.9 Å². The molecule has 2 saturated heterocycles. The van der Waals surface area contributed by atoms with Crippen molar-refractivity contribution in [3.63, 3.8) is 0 Å². The molecule has 0 amide bonds. The van der Waals surface area contributed by atoms with E-state index in [1.807, 2.05) is 0 Å². The summed E-state index contributed by atoms with van der Waals surface area (Å²) >= 11 is 0. The summed E-state index contributed by atoms with van der Waals surface area (Å²) in [4.78, 5) is 0. The van der Waals surface area contributed by atoms with Gasteiger partial charge in [0.1, 0.15) is 12.2 Å². The molecule has 0 N–H and O–H groups in total. The van der Waals surface area contributed by atoms with Gasteiger partial charge in [0.25, 0.3) is 0 Å². The van der Waals surface area contributed by atoms with Crippen LogP contribution in [-0.2, 0) is 42.6 Å². The van der Waals surface area contributed by atoms with Crippen LogP contribution in [0.1, 0.15) is 73.6 Å². The molecule has 8 rings (SSSR count). The normalized spacial score (nSPS) is 34.5. The maximum Gasteiger partial charge on any atom is 0.104 e. The molecule has 2 atom stereocenters. The lowest BCUT2D eigenvalue weighted by atomic mass is 9.41. The second-order valence-corrected chi connectivity index (χ2v) is 13.2. The van der Waals surface area contributed by atoms with Crippen LogP contribution >= 0.6 is 0 Å². The average Bonchev–Trinajstić information content (AvgIpc) is 3.85. The first-order valence-electron chi connectivity index (χ1n) is 15.3. The number of epoxide rings is 2. The fraction of sp³-hybridized carbons (Fsp3) is 0.647. The second kappa shape index (κ2) is 10.7. The Morgan fingerprint density at radius 1 is 0.632 bits per heavy atom. The Labute approximate surface area is 228 Å². The molecule has 2 aromatic carbocycles. The smallest absolute Gasteiger partial charge is 0.104 e. The zero-order valence-corrected chi connectivity index (χ0v) is 22.9. The van der Waals surface area contributed by atoms with Crippen molar-refractivity contribution in [3.05, 3.63) is 70.8 Å². The zero-order chi connectivity index (χ0) is 25.4. The molecule has 4 saturated carbocycles. The fourth-order valence-electron chi connectivity index (χ4n) is 8.50. The highest BCUT2D eigenvalue weighted by Gasteiger charge is 2.58. The Bertz CT molecular complexity index is 971. The molecule has 2 aliphatic heterocycles. The van der Waals surface area contributed by atoms with Gasteiger partial charge in [0.05, 0.1) is 26.4 Å². The first-order valence-corrected chi connectivity index (χ1v) is 15.3. The van der Waals surface area contributed by atoms with Crippen molar-refractivity contribution in [1.29, 1.82) is 0 Å². The fourth-order valence-corrected chi connectivity index (χ4v) is 8.50. The van der Waals surface area contributed by atoms with Crippen LogP contribution in [0.4, 0.5) is 0 Å². The monoisotopic (exact) mass is 516 g/mol. The molecular weight excluding hydrogens is 472 g/mol. The van der Waals surface area contributed by atoms with Crippen LogP contribution in [-0.4, -0.2) is 51.8 Å². The largest absolute Gasteiger partial charge is 0.379 e. The van der Waals surface area contributed by atoms with Crippen molar-refractivity contribution in [2.24, 2.45) is 11.8 Å². The van der Waals surface area contributed by atoms with Crippen molar-refractivity contribution in [2.45, 2.75) is 87.2 Å². The van der Waals surface area contributed by atoms with Gasteiger partial charge in [-0.2, -0.15) is 0 Å². The standard InChI is InChI=1S/C34H44O4/c1(13-35-20-31-22-37-31)3-25-5-9-29(10-6-25)33-16-27-15-28(17-33)19-34(18-27,24-33)30-11-7-26(8-12-30)4-2-14-36-21-32-23-38-32/h5-12,27-28,31-32H,1-4,13-24H2. The molecule has 0 radical (unpaired) electrons. The molecule has 4 nitrogen and oxygen atoms in total. The Hall–Kier alpha value is -1.72. The maximum atomic E-state index is 5.73. The summed E-state index contributed by atoms with van der Waals surface area (Å²) in [5.41, 5.74) is 6.85. The molecule has 6 aliphatic rings. The molecular formula is C34H44O4. The predicted molar refractivity (Wildman–Crippen MR) is 149 cm³/mol. The van der Waals surface area contributed by atoms with E-state index in [1.54, 1.807) is 11.1 Å². The van der Waals surface area contributed by atoms with Gasteiger partial charge >= 0.3 is 0 Å². The van der Waals surface area contributed by atoms with Crippen LogP contribution in [0, 0.1) is 11.8 Å². The van der Waals surface area contributed by atoms with Gasteiger partial charge in [0.15, 0.2) is 0 Å². The highest BCUT2D eigenvalue weighted by molar-refractivity contribution is 5.39. The summed E-state index contributed by atoms with van der Waals surface area (Å²) in [7, 11) is 0. The number of aryl methyl sites for hydroxylation is 2. The molecule has 4 heteroatoms. The molecule has 6 fully saturated rings. The van der Waals surface area contributed by atoms with Gasteiger partial charge in [-0.05, 0) is 109 Å². The lowest BCUT2D eigenvalue weighted by Gasteiger charge is -2.63. The first-order chi connectivity index (χ1) is 18.7. The van der Waals surface area contributed by atoms with E-state index in [0.717, 1.165) is 77.2 Å². The van der Waals surface area contributed by atoms with Crippen molar-refractivity contribution in [1.82, 2.24) is 0 Å². The number of benzene rings is 2. The van der Waals surface area contributed by atoms with E-state index in [9.17, 15) is 0 Å². The molecule has 2 aromatic rings. The average molecular weight is 517 g/mol. The number of rotatable bonds is 14. The van der Waals surface area contributed by atoms with Gasteiger partial charge in [-0.3, -0.25) is 0 Å². The third kappa shape index (κ3) is 5.61. The summed E-state index contributed by atoms with van der Waals surface area (Å²) < 4.78 is 21.9. The first kappa shape index (κ1) is 25.3. The molecule has 38 heavy (non-hydrogen) atoms. The highest BCUT2D eigenvalue weighted by Crippen LogP contribution is 2.66. The Balaban J connectivity index is 0.983. The molecule has 4 bridgehead atoms. The third-order valence-corrected chi connectivity index (χ3v) is 10.1. The molecule has 204 valence electrons. The van der Waals surface area contributed by atoms with Crippen LogP contribution in [0.15, 0.2) is 48.5 Å². The van der Waals surface area contributed by atoms with Gasteiger partial charge in [-0.15, -0.1) is 0 Å². The summed E-state index contributed by atoms with van der Waals surface area (Å²) in [6.45, 7) is 4.95. The summed E-state index contributed by atoms with van der Waals surface area (Å²) in [6, 6.07) is 19.5. The third-order valence-electron chi connectivity index (χ3n) is 10.1. The molecule has 0 spiro atoms. The zero-order valence-electron chi connectivity index (χ0n) is 22.9. The summed E-state index contributed by atoms with van der Waals surface area (Å²) in [5.74, 6) is 1.77. The van der Waals surface area contributed by atoms with Crippen LogP contribution < -0.4 is 0 Å². The number of hydrogen-bond donors (Lipinski definition) is 0. The Morgan fingerprint density at radius 3 is 1.45 bits per heavy atom. The SMILES string of the molecule is c1cc(C23CC4CC(C2)CC(c2ccc(CCCOCC5CO5)cc2)(C4)C3)ccc1CCCOCC1CO1. The molecule has 0 aromatic heterocycles. The van der Waals surface area contributed by atoms with Crippen molar-refractivity contribution in [2.75, 3.05) is 39.6 Å². The highest BCUT2D eigenvalue weighted by atomic mass is 16.6. The van der Waals surface area contributed by atoms with Gasteiger partial charge in [0.2, 0.25) is 0 Å². The minimum absolute atomic E-state index is 0.369. The summed E-state index contributed by atoms with van der Waals surface area (Å²) in [6.07, 6.45) is 13.5. The molecule has 2 heterocycles. The molecule has 2 unspecified atom stereocenters. The van der Waals surface area contributed by atoms with Crippen molar-refractivity contribution >= 4 is 0 Å². The second-order valence-electron chi connectivity index (χ2n) is 13.2. The minimum Gasteiger partial charge on any atom is -0.379 e. The quantitative estimate of drug-likeness (QED) is 0.222. The number of ether oxygens (including phenoxy) is 4. The Morgan fingerprint density at radius 2 is 1.05 bits per heavy atom. The molecule has 4 aliphatic carbocycles. The van der Waals surface area contributed by atoms with E-state index in [1.165, 1.54) is 49.7 Å². The van der Waals surface area contributed by atoms with Crippen molar-refractivity contribution in [3.8, 4) is 0 Å². The van der Waals surface area contributed by atoms with E-state index in [-0.39, 0.29) is 0 Å². The van der Waals surface area contributed by atoms with E-state index in [0.29, 0.717) is 23.0 Å². The van der Waals surface area contributed by atoms with Crippen LogP contribution in [0.3, 0.4) is 0 Å². The van der Waals surface area contributed by atoms with E-state index in [4.69, 9.17) is 18.9 Å². The van der Waals surface area contributed by atoms with Gasteiger partial charge in [-0.25, -0.2) is 0 Å². The van der Waals surface area contributed by atoms with Crippen molar-refractivity contribution < 1.29 is 18.9 Å². The lowest BCUT2D eigenvalue weighted by molar-refractivity contribution is -0.0281. The van der Waals surface area contributed by atoms with Gasteiger partial charge in [-0.1, -0.05) is 48.5 Å².